The monoisotopic (exact) mass is 483 g/mol. The number of hydrogen-bond acceptors (Lipinski definition) is 7. The number of rotatable bonds is 7. The van der Waals surface area contributed by atoms with Gasteiger partial charge in [-0.05, 0) is 37.7 Å². The van der Waals surface area contributed by atoms with E-state index in [1.165, 1.54) is 0 Å². The van der Waals surface area contributed by atoms with Crippen LogP contribution in [0.1, 0.15) is 24.2 Å². The van der Waals surface area contributed by atoms with Crippen LogP contribution < -0.4 is 4.72 Å². The third-order valence-corrected chi connectivity index (χ3v) is 7.99. The Hall–Kier alpha value is -2.53. The molecule has 0 aliphatic carbocycles. The molecule has 8 nitrogen and oxygen atoms in total. The van der Waals surface area contributed by atoms with Crippen molar-refractivity contribution in [3.63, 3.8) is 0 Å². The highest BCUT2D eigenvalue weighted by Crippen LogP contribution is 2.31. The van der Waals surface area contributed by atoms with Gasteiger partial charge in [0.1, 0.15) is 0 Å². The van der Waals surface area contributed by atoms with Gasteiger partial charge in [-0.15, -0.1) is 10.2 Å². The molecule has 1 aliphatic heterocycles. The van der Waals surface area contributed by atoms with Gasteiger partial charge >= 0.3 is 0 Å². The molecule has 3 heterocycles. The number of aromatic nitrogens is 4. The van der Waals surface area contributed by atoms with E-state index in [-0.39, 0.29) is 17.5 Å². The molecule has 1 fully saturated rings. The van der Waals surface area contributed by atoms with Crippen LogP contribution in [-0.4, -0.2) is 53.7 Å². The molecule has 1 atom stereocenters. The lowest BCUT2D eigenvalue weighted by Gasteiger charge is -2.14. The molecular formula is C23H25N5O3S2. The van der Waals surface area contributed by atoms with Crippen LogP contribution in [0.5, 0.6) is 0 Å². The van der Waals surface area contributed by atoms with Gasteiger partial charge in [0.2, 0.25) is 10.0 Å². The fourth-order valence-corrected chi connectivity index (χ4v) is 5.95. The molecule has 1 aliphatic rings. The number of aryl methyl sites for hydroxylation is 1. The zero-order chi connectivity index (χ0) is 23.0. The van der Waals surface area contributed by atoms with E-state index < -0.39 is 10.0 Å². The lowest BCUT2D eigenvalue weighted by molar-refractivity contribution is 0.114. The third-order valence-electron chi connectivity index (χ3n) is 5.88. The Bertz CT molecular complexity index is 1430. The summed E-state index contributed by atoms with van der Waals surface area (Å²) < 4.78 is 36.4. The summed E-state index contributed by atoms with van der Waals surface area (Å²) in [6.45, 7) is 2.76. The number of fused-ring (bicyclic) bond motifs is 3. The van der Waals surface area contributed by atoms with Crippen molar-refractivity contribution in [2.45, 2.75) is 36.5 Å². The Morgan fingerprint density at radius 1 is 1.18 bits per heavy atom. The van der Waals surface area contributed by atoms with Gasteiger partial charge in [-0.3, -0.25) is 0 Å². The van der Waals surface area contributed by atoms with E-state index in [9.17, 15) is 8.42 Å². The second kappa shape index (κ2) is 9.02. The summed E-state index contributed by atoms with van der Waals surface area (Å²) in [5.74, 6) is 1.43. The number of ether oxygens (including phenoxy) is 1. The SMILES string of the molecule is CSCc1nnc2c3ccccc3c(-c3ccc(C)c(S(=O)(=O)NC[C@@H]4CCCO4)c3)nn12. The van der Waals surface area contributed by atoms with Crippen molar-refractivity contribution in [3.05, 3.63) is 53.9 Å². The number of nitrogens with one attached hydrogen (secondary N) is 1. The Labute approximate surface area is 196 Å². The molecule has 172 valence electrons. The van der Waals surface area contributed by atoms with Gasteiger partial charge in [-0.2, -0.15) is 21.4 Å². The summed E-state index contributed by atoms with van der Waals surface area (Å²) in [6, 6.07) is 13.3. The lowest BCUT2D eigenvalue weighted by Crippen LogP contribution is -2.32. The molecule has 0 spiro atoms. The molecule has 4 aromatic rings. The van der Waals surface area contributed by atoms with Gasteiger partial charge < -0.3 is 4.74 Å². The average Bonchev–Trinajstić information content (AvgIpc) is 3.48. The number of hydrogen-bond donors (Lipinski definition) is 1. The molecule has 0 saturated carbocycles. The molecular weight excluding hydrogens is 458 g/mol. The summed E-state index contributed by atoms with van der Waals surface area (Å²) in [4.78, 5) is 0.247. The zero-order valence-electron chi connectivity index (χ0n) is 18.5. The maximum Gasteiger partial charge on any atom is 0.240 e. The van der Waals surface area contributed by atoms with Gasteiger partial charge in [0.15, 0.2) is 11.5 Å². The van der Waals surface area contributed by atoms with Crippen LogP contribution in [-0.2, 0) is 20.5 Å². The largest absolute Gasteiger partial charge is 0.377 e. The Morgan fingerprint density at radius 2 is 2.00 bits per heavy atom. The van der Waals surface area contributed by atoms with Crippen molar-refractivity contribution in [2.75, 3.05) is 19.4 Å². The minimum absolute atomic E-state index is 0.0696. The van der Waals surface area contributed by atoms with E-state index in [4.69, 9.17) is 9.84 Å². The molecule has 0 radical (unpaired) electrons. The van der Waals surface area contributed by atoms with Crippen molar-refractivity contribution in [2.24, 2.45) is 0 Å². The van der Waals surface area contributed by atoms with Crippen LogP contribution in [0.15, 0.2) is 47.4 Å². The van der Waals surface area contributed by atoms with Crippen LogP contribution >= 0.6 is 11.8 Å². The van der Waals surface area contributed by atoms with Crippen molar-refractivity contribution >= 4 is 38.2 Å². The molecule has 33 heavy (non-hydrogen) atoms. The predicted octanol–water partition coefficient (Wildman–Crippen LogP) is 3.57. The fraction of sp³-hybridized carbons (Fsp3) is 0.348. The zero-order valence-corrected chi connectivity index (χ0v) is 20.1. The highest BCUT2D eigenvalue weighted by molar-refractivity contribution is 7.97. The Balaban J connectivity index is 1.61. The Kier molecular flexibility index (Phi) is 6.09. The first-order chi connectivity index (χ1) is 16.0. The van der Waals surface area contributed by atoms with E-state index in [0.717, 1.165) is 35.0 Å². The van der Waals surface area contributed by atoms with Crippen molar-refractivity contribution < 1.29 is 13.2 Å². The topological polar surface area (TPSA) is 98.5 Å². The van der Waals surface area contributed by atoms with Gasteiger partial charge in [-0.25, -0.2) is 13.1 Å². The van der Waals surface area contributed by atoms with Crippen LogP contribution in [0.3, 0.4) is 0 Å². The van der Waals surface area contributed by atoms with E-state index in [1.807, 2.05) is 42.7 Å². The molecule has 1 N–H and O–H groups in total. The molecule has 0 unspecified atom stereocenters. The first-order valence-corrected chi connectivity index (χ1v) is 13.7. The quantitative estimate of drug-likeness (QED) is 0.429. The van der Waals surface area contributed by atoms with Gasteiger partial charge in [0, 0.05) is 29.5 Å². The summed E-state index contributed by atoms with van der Waals surface area (Å²) in [7, 11) is -3.70. The van der Waals surface area contributed by atoms with Gasteiger partial charge in [0.25, 0.3) is 0 Å². The lowest BCUT2D eigenvalue weighted by atomic mass is 10.0. The second-order valence-corrected chi connectivity index (χ2v) is 10.7. The van der Waals surface area contributed by atoms with Crippen molar-refractivity contribution in [3.8, 4) is 11.3 Å². The third kappa shape index (κ3) is 4.23. The minimum Gasteiger partial charge on any atom is -0.377 e. The fourth-order valence-electron chi connectivity index (χ4n) is 4.18. The number of sulfonamides is 1. The minimum atomic E-state index is -3.70. The van der Waals surface area contributed by atoms with Crippen LogP contribution in [0, 0.1) is 6.92 Å². The summed E-state index contributed by atoms with van der Waals surface area (Å²) >= 11 is 1.64. The maximum atomic E-state index is 13.2. The van der Waals surface area contributed by atoms with Crippen molar-refractivity contribution in [1.82, 2.24) is 24.5 Å². The average molecular weight is 484 g/mol. The Morgan fingerprint density at radius 3 is 2.76 bits per heavy atom. The van der Waals surface area contributed by atoms with E-state index in [1.54, 1.807) is 29.3 Å². The second-order valence-electron chi connectivity index (χ2n) is 8.15. The van der Waals surface area contributed by atoms with Crippen LogP contribution in [0.2, 0.25) is 0 Å². The number of benzene rings is 2. The normalized spacial score (nSPS) is 16.7. The summed E-state index contributed by atoms with van der Waals surface area (Å²) in [5, 5.41) is 15.3. The van der Waals surface area contributed by atoms with E-state index >= 15 is 0 Å². The standard InChI is InChI=1S/C23H25N5O3S2/c1-15-9-10-16(12-20(15)33(29,30)24-13-17-6-5-11-31-17)22-18-7-3-4-8-19(18)23-26-25-21(14-32-2)28(23)27-22/h3-4,7-10,12,17,24H,5-6,11,13-14H2,1-2H3/t17-/m0/s1. The smallest absolute Gasteiger partial charge is 0.240 e. The summed E-state index contributed by atoms with van der Waals surface area (Å²) in [5.41, 5.74) is 2.78. The van der Waals surface area contributed by atoms with Crippen LogP contribution in [0.25, 0.3) is 27.7 Å². The first-order valence-electron chi connectivity index (χ1n) is 10.8. The molecule has 0 amide bonds. The first kappa shape index (κ1) is 22.3. The molecule has 5 rings (SSSR count). The van der Waals surface area contributed by atoms with Crippen LogP contribution in [0.4, 0.5) is 0 Å². The number of thioether (sulfide) groups is 1. The molecule has 10 heteroatoms. The molecule has 2 aromatic carbocycles. The predicted molar refractivity (Wildman–Crippen MR) is 130 cm³/mol. The van der Waals surface area contributed by atoms with Crippen molar-refractivity contribution in [1.29, 1.82) is 0 Å². The van der Waals surface area contributed by atoms with E-state index in [2.05, 4.69) is 14.9 Å². The van der Waals surface area contributed by atoms with E-state index in [0.29, 0.717) is 29.3 Å². The highest BCUT2D eigenvalue weighted by Gasteiger charge is 2.23. The summed E-state index contributed by atoms with van der Waals surface area (Å²) in [6.07, 6.45) is 3.77. The number of nitrogens with zero attached hydrogens (tertiary/aromatic N) is 4. The van der Waals surface area contributed by atoms with Gasteiger partial charge in [0.05, 0.1) is 22.4 Å². The highest BCUT2D eigenvalue weighted by atomic mass is 32.2. The molecule has 1 saturated heterocycles. The van der Waals surface area contributed by atoms with Gasteiger partial charge in [-0.1, -0.05) is 36.4 Å². The molecule has 2 aromatic heterocycles. The maximum absolute atomic E-state index is 13.2. The molecule has 0 bridgehead atoms.